The van der Waals surface area contributed by atoms with Gasteiger partial charge in [-0.2, -0.15) is 0 Å². The normalized spacial score (nSPS) is 24.7. The van der Waals surface area contributed by atoms with Crippen LogP contribution < -0.4 is 5.73 Å². The molecular weight excluding hydrogens is 202 g/mol. The molecule has 1 saturated heterocycles. The zero-order valence-corrected chi connectivity index (χ0v) is 11.0. The number of carbonyl (C=O) groups is 1. The monoisotopic (exact) mass is 227 g/mol. The van der Waals surface area contributed by atoms with Gasteiger partial charge in [0, 0.05) is 25.7 Å². The van der Waals surface area contributed by atoms with Crippen molar-refractivity contribution in [1.82, 2.24) is 9.80 Å². The minimum Gasteiger partial charge on any atom is -0.344 e. The molecular formula is C12H25N3O. The molecule has 1 amide bonds. The zero-order valence-electron chi connectivity index (χ0n) is 11.0. The molecule has 1 atom stereocenters. The molecule has 16 heavy (non-hydrogen) atoms. The van der Waals surface area contributed by atoms with Crippen LogP contribution >= 0.6 is 0 Å². The smallest absolute Gasteiger partial charge is 0.239 e. The van der Waals surface area contributed by atoms with Crippen molar-refractivity contribution in [3.63, 3.8) is 0 Å². The highest BCUT2D eigenvalue weighted by Gasteiger charge is 2.36. The molecule has 1 rings (SSSR count). The van der Waals surface area contributed by atoms with Gasteiger partial charge in [0.05, 0.1) is 6.04 Å². The number of nitrogens with two attached hydrogens (primary N) is 1. The Morgan fingerprint density at radius 3 is 2.50 bits per heavy atom. The Hall–Kier alpha value is -0.610. The van der Waals surface area contributed by atoms with E-state index in [9.17, 15) is 4.79 Å². The highest BCUT2D eigenvalue weighted by molar-refractivity contribution is 5.82. The number of hydrogen-bond acceptors (Lipinski definition) is 3. The van der Waals surface area contributed by atoms with Gasteiger partial charge in [0.15, 0.2) is 0 Å². The summed E-state index contributed by atoms with van der Waals surface area (Å²) in [6.07, 6.45) is 1.79. The van der Waals surface area contributed by atoms with E-state index in [-0.39, 0.29) is 17.5 Å². The van der Waals surface area contributed by atoms with Crippen molar-refractivity contribution in [2.75, 3.05) is 26.7 Å². The summed E-state index contributed by atoms with van der Waals surface area (Å²) >= 11 is 0. The summed E-state index contributed by atoms with van der Waals surface area (Å²) < 4.78 is 0. The molecule has 0 saturated carbocycles. The quantitative estimate of drug-likeness (QED) is 0.754. The first-order chi connectivity index (χ1) is 7.38. The Morgan fingerprint density at radius 1 is 1.38 bits per heavy atom. The largest absolute Gasteiger partial charge is 0.344 e. The Balaban J connectivity index is 2.91. The van der Waals surface area contributed by atoms with Gasteiger partial charge in [-0.15, -0.1) is 0 Å². The predicted molar refractivity (Wildman–Crippen MR) is 66.2 cm³/mol. The van der Waals surface area contributed by atoms with Gasteiger partial charge < -0.3 is 10.6 Å². The summed E-state index contributed by atoms with van der Waals surface area (Å²) in [5, 5.41) is 0. The van der Waals surface area contributed by atoms with Crippen molar-refractivity contribution in [2.24, 2.45) is 5.73 Å². The molecule has 0 aliphatic carbocycles. The lowest BCUT2D eigenvalue weighted by Crippen LogP contribution is -2.53. The Morgan fingerprint density at radius 2 is 2.00 bits per heavy atom. The van der Waals surface area contributed by atoms with Crippen LogP contribution in [-0.2, 0) is 4.79 Å². The highest BCUT2D eigenvalue weighted by atomic mass is 16.2. The van der Waals surface area contributed by atoms with Gasteiger partial charge >= 0.3 is 0 Å². The van der Waals surface area contributed by atoms with Crippen molar-refractivity contribution >= 4 is 5.91 Å². The second-order valence-corrected chi connectivity index (χ2v) is 5.57. The number of rotatable bonds is 2. The molecule has 1 unspecified atom stereocenters. The fraction of sp³-hybridized carbons (Fsp3) is 0.917. The van der Waals surface area contributed by atoms with Crippen LogP contribution in [0.3, 0.4) is 0 Å². The third-order valence-corrected chi connectivity index (χ3v) is 3.23. The van der Waals surface area contributed by atoms with Gasteiger partial charge in [-0.05, 0) is 40.2 Å². The summed E-state index contributed by atoms with van der Waals surface area (Å²) in [5.74, 6) is 0.220. The van der Waals surface area contributed by atoms with Crippen molar-refractivity contribution in [3.8, 4) is 0 Å². The number of hydrogen-bond donors (Lipinski definition) is 1. The molecule has 0 spiro atoms. The fourth-order valence-corrected chi connectivity index (χ4v) is 2.37. The molecule has 0 radical (unpaired) electrons. The van der Waals surface area contributed by atoms with Gasteiger partial charge in [0.1, 0.15) is 0 Å². The summed E-state index contributed by atoms with van der Waals surface area (Å²) in [6, 6.07) is -0.0440. The molecule has 4 nitrogen and oxygen atoms in total. The molecule has 0 bridgehead atoms. The molecule has 4 heteroatoms. The van der Waals surface area contributed by atoms with E-state index in [1.165, 1.54) is 0 Å². The van der Waals surface area contributed by atoms with Crippen molar-refractivity contribution < 1.29 is 4.79 Å². The zero-order chi connectivity index (χ0) is 12.3. The molecule has 0 aromatic carbocycles. The van der Waals surface area contributed by atoms with E-state index < -0.39 is 0 Å². The third-order valence-electron chi connectivity index (χ3n) is 3.23. The maximum atomic E-state index is 12.2. The lowest BCUT2D eigenvalue weighted by Gasteiger charge is -2.39. The molecule has 1 fully saturated rings. The van der Waals surface area contributed by atoms with E-state index in [4.69, 9.17) is 5.73 Å². The second kappa shape index (κ2) is 5.15. The van der Waals surface area contributed by atoms with Crippen LogP contribution in [-0.4, -0.2) is 54.0 Å². The van der Waals surface area contributed by atoms with Gasteiger partial charge in [-0.25, -0.2) is 0 Å². The van der Waals surface area contributed by atoms with Crippen LogP contribution in [0.2, 0.25) is 0 Å². The average molecular weight is 227 g/mol. The van der Waals surface area contributed by atoms with Crippen LogP contribution in [0.4, 0.5) is 0 Å². The first-order valence-corrected chi connectivity index (χ1v) is 6.09. The molecule has 94 valence electrons. The molecule has 0 aromatic heterocycles. The third kappa shape index (κ3) is 2.95. The van der Waals surface area contributed by atoms with Crippen LogP contribution in [0.5, 0.6) is 0 Å². The summed E-state index contributed by atoms with van der Waals surface area (Å²) in [6.45, 7) is 8.88. The average Bonchev–Trinajstić information content (AvgIpc) is 2.30. The highest BCUT2D eigenvalue weighted by Crippen LogP contribution is 2.22. The lowest BCUT2D eigenvalue weighted by molar-refractivity contribution is -0.136. The lowest BCUT2D eigenvalue weighted by atomic mass is 10.0. The van der Waals surface area contributed by atoms with Gasteiger partial charge in [0.2, 0.25) is 5.91 Å². The van der Waals surface area contributed by atoms with E-state index in [1.807, 2.05) is 11.9 Å². The number of amides is 1. The van der Waals surface area contributed by atoms with Crippen LogP contribution in [0, 0.1) is 0 Å². The van der Waals surface area contributed by atoms with Crippen LogP contribution in [0.15, 0.2) is 0 Å². The summed E-state index contributed by atoms with van der Waals surface area (Å²) in [4.78, 5) is 16.4. The molecule has 0 aromatic rings. The van der Waals surface area contributed by atoms with E-state index in [1.54, 1.807) is 0 Å². The Kier molecular flexibility index (Phi) is 4.33. The first kappa shape index (κ1) is 13.5. The van der Waals surface area contributed by atoms with E-state index in [2.05, 4.69) is 25.7 Å². The van der Waals surface area contributed by atoms with Crippen molar-refractivity contribution in [1.29, 1.82) is 0 Å². The second-order valence-electron chi connectivity index (χ2n) is 5.57. The first-order valence-electron chi connectivity index (χ1n) is 6.09. The van der Waals surface area contributed by atoms with E-state index in [0.717, 1.165) is 25.9 Å². The van der Waals surface area contributed by atoms with Gasteiger partial charge in [0.25, 0.3) is 0 Å². The molecule has 1 aliphatic rings. The predicted octanol–water partition coefficient (Wildman–Crippen LogP) is 0.666. The minimum absolute atomic E-state index is 0.0284. The Bertz CT molecular complexity index is 247. The van der Waals surface area contributed by atoms with Crippen molar-refractivity contribution in [3.05, 3.63) is 0 Å². The van der Waals surface area contributed by atoms with Crippen LogP contribution in [0.25, 0.3) is 0 Å². The van der Waals surface area contributed by atoms with E-state index in [0.29, 0.717) is 6.54 Å². The maximum Gasteiger partial charge on any atom is 0.239 e. The fourth-order valence-electron chi connectivity index (χ4n) is 2.37. The maximum absolute atomic E-state index is 12.2. The van der Waals surface area contributed by atoms with Crippen LogP contribution in [0.1, 0.15) is 33.6 Å². The van der Waals surface area contributed by atoms with Gasteiger partial charge in [-0.1, -0.05) is 0 Å². The molecule has 1 heterocycles. The number of likely N-dealkylation sites (N-methyl/N-ethyl adjacent to an activating group) is 1. The summed E-state index contributed by atoms with van der Waals surface area (Å²) in [7, 11) is 1.89. The molecule has 1 aliphatic heterocycles. The van der Waals surface area contributed by atoms with E-state index >= 15 is 0 Å². The standard InChI is InChI=1S/C12H25N3O/c1-12(2,3)15-9-5-8-14(4)11(16)10(15)6-7-13/h10H,5-9,13H2,1-4H3. The van der Waals surface area contributed by atoms with Crippen molar-refractivity contribution in [2.45, 2.75) is 45.2 Å². The number of carbonyl (C=O) groups excluding carboxylic acids is 1. The minimum atomic E-state index is -0.0440. The molecule has 2 N–H and O–H groups in total. The topological polar surface area (TPSA) is 49.6 Å². The Labute approximate surface area is 98.8 Å². The summed E-state index contributed by atoms with van der Waals surface area (Å²) in [5.41, 5.74) is 5.65. The van der Waals surface area contributed by atoms with Gasteiger partial charge in [-0.3, -0.25) is 9.69 Å². The number of nitrogens with zero attached hydrogens (tertiary/aromatic N) is 2. The SMILES string of the molecule is CN1CCCN(C(C)(C)C)C(CCN)C1=O.